The number of hydrogen-bond donors (Lipinski definition) is 0. The van der Waals surface area contributed by atoms with Crippen molar-refractivity contribution in [1.82, 2.24) is 24.2 Å². The number of ether oxygens (including phenoxy) is 1. The van der Waals surface area contributed by atoms with Gasteiger partial charge in [0, 0.05) is 50.2 Å². The van der Waals surface area contributed by atoms with Crippen molar-refractivity contribution >= 4 is 5.91 Å². The van der Waals surface area contributed by atoms with Crippen molar-refractivity contribution in [3.05, 3.63) is 100.0 Å². The summed E-state index contributed by atoms with van der Waals surface area (Å²) in [7, 11) is 3.36. The predicted molar refractivity (Wildman–Crippen MR) is 128 cm³/mol. The molecule has 1 amide bonds. The van der Waals surface area contributed by atoms with Gasteiger partial charge in [0.05, 0.1) is 19.3 Å². The van der Waals surface area contributed by atoms with Crippen LogP contribution in [0.4, 0.5) is 0 Å². The van der Waals surface area contributed by atoms with Gasteiger partial charge in [-0.3, -0.25) is 19.3 Å². The van der Waals surface area contributed by atoms with Crippen molar-refractivity contribution < 1.29 is 9.53 Å². The Hall–Kier alpha value is -4.20. The summed E-state index contributed by atoms with van der Waals surface area (Å²) in [5.41, 5.74) is 4.51. The molecule has 0 radical (unpaired) electrons. The molecule has 8 heteroatoms. The highest BCUT2D eigenvalue weighted by Crippen LogP contribution is 2.27. The van der Waals surface area contributed by atoms with Gasteiger partial charge in [-0.15, -0.1) is 0 Å². The zero-order chi connectivity index (χ0) is 23.7. The summed E-state index contributed by atoms with van der Waals surface area (Å²) in [6.45, 7) is 1.31. The van der Waals surface area contributed by atoms with E-state index in [-0.39, 0.29) is 11.5 Å². The Morgan fingerprint density at radius 1 is 1.09 bits per heavy atom. The molecule has 1 aliphatic rings. The van der Waals surface area contributed by atoms with Crippen LogP contribution in [-0.2, 0) is 26.6 Å². The second-order valence-corrected chi connectivity index (χ2v) is 8.29. The quantitative estimate of drug-likeness (QED) is 0.462. The van der Waals surface area contributed by atoms with E-state index in [0.29, 0.717) is 43.1 Å². The van der Waals surface area contributed by atoms with Crippen molar-refractivity contribution in [2.75, 3.05) is 13.7 Å². The molecule has 34 heavy (non-hydrogen) atoms. The van der Waals surface area contributed by atoms with Crippen molar-refractivity contribution in [1.29, 1.82) is 0 Å². The van der Waals surface area contributed by atoms with Crippen LogP contribution in [0.15, 0.2) is 71.8 Å². The van der Waals surface area contributed by atoms with E-state index in [1.165, 1.54) is 0 Å². The van der Waals surface area contributed by atoms with Crippen LogP contribution in [0.3, 0.4) is 0 Å². The number of carbonyl (C=O) groups excluding carboxylic acids is 1. The molecule has 5 rings (SSSR count). The molecule has 0 bridgehead atoms. The second-order valence-electron chi connectivity index (χ2n) is 8.29. The van der Waals surface area contributed by atoms with Crippen molar-refractivity contribution in [2.45, 2.75) is 19.5 Å². The minimum Gasteiger partial charge on any atom is -0.497 e. The van der Waals surface area contributed by atoms with E-state index < -0.39 is 0 Å². The molecule has 172 valence electrons. The number of fused-ring (bicyclic) bond motifs is 1. The number of benzene rings is 1. The first-order valence-electron chi connectivity index (χ1n) is 11.1. The maximum atomic E-state index is 13.7. The molecule has 0 spiro atoms. The van der Waals surface area contributed by atoms with Crippen molar-refractivity contribution in [3.63, 3.8) is 0 Å². The standard InChI is InChI=1S/C26H25N5O3/c1-29-24(9-12-28-29)26(33)30-13-10-23-19(16-30)15-22(18-6-5-8-21(14-18)34-2)25(32)31(23)17-20-7-3-4-11-27-20/h3-9,11-12,14-15H,10,13,16-17H2,1-2H3. The van der Waals surface area contributed by atoms with Gasteiger partial charge in [0.15, 0.2) is 0 Å². The number of carbonyl (C=O) groups is 1. The summed E-state index contributed by atoms with van der Waals surface area (Å²) in [6.07, 6.45) is 3.93. The second kappa shape index (κ2) is 8.97. The third-order valence-corrected chi connectivity index (χ3v) is 6.22. The van der Waals surface area contributed by atoms with E-state index in [2.05, 4.69) is 10.1 Å². The van der Waals surface area contributed by atoms with Crippen LogP contribution in [0.2, 0.25) is 0 Å². The average Bonchev–Trinajstić information content (AvgIpc) is 3.31. The van der Waals surface area contributed by atoms with Gasteiger partial charge in [-0.2, -0.15) is 5.10 Å². The van der Waals surface area contributed by atoms with Crippen molar-refractivity contribution in [2.24, 2.45) is 7.05 Å². The molecule has 4 aromatic rings. The van der Waals surface area contributed by atoms with Crippen LogP contribution in [0.1, 0.15) is 27.4 Å². The normalized spacial score (nSPS) is 12.9. The third kappa shape index (κ3) is 3.98. The van der Waals surface area contributed by atoms with Crippen LogP contribution in [-0.4, -0.2) is 43.8 Å². The highest BCUT2D eigenvalue weighted by Gasteiger charge is 2.27. The number of methoxy groups -OCH3 is 1. The van der Waals surface area contributed by atoms with Gasteiger partial charge in [0.25, 0.3) is 11.5 Å². The van der Waals surface area contributed by atoms with E-state index in [0.717, 1.165) is 22.5 Å². The molecule has 4 heterocycles. The number of rotatable bonds is 5. The fourth-order valence-electron chi connectivity index (χ4n) is 4.46. The number of pyridine rings is 2. The van der Waals surface area contributed by atoms with Gasteiger partial charge in [-0.1, -0.05) is 18.2 Å². The summed E-state index contributed by atoms with van der Waals surface area (Å²) in [5.74, 6) is 0.606. The van der Waals surface area contributed by atoms with Gasteiger partial charge >= 0.3 is 0 Å². The molecule has 0 aliphatic carbocycles. The van der Waals surface area contributed by atoms with Gasteiger partial charge < -0.3 is 14.2 Å². The predicted octanol–water partition coefficient (Wildman–Crippen LogP) is 2.90. The van der Waals surface area contributed by atoms with E-state index in [1.54, 1.807) is 41.9 Å². The Bertz CT molecular complexity index is 1410. The number of amides is 1. The maximum Gasteiger partial charge on any atom is 0.272 e. The molecule has 8 nitrogen and oxygen atoms in total. The maximum absolute atomic E-state index is 13.7. The number of nitrogens with zero attached hydrogens (tertiary/aromatic N) is 5. The molecule has 0 fully saturated rings. The highest BCUT2D eigenvalue weighted by molar-refractivity contribution is 5.92. The Labute approximate surface area is 197 Å². The summed E-state index contributed by atoms with van der Waals surface area (Å²) in [5, 5.41) is 4.12. The number of hydrogen-bond acceptors (Lipinski definition) is 5. The molecule has 0 saturated carbocycles. The zero-order valence-electron chi connectivity index (χ0n) is 19.1. The molecule has 1 aliphatic heterocycles. The molecular formula is C26H25N5O3. The first-order valence-corrected chi connectivity index (χ1v) is 11.1. The number of aryl methyl sites for hydroxylation is 1. The minimum atomic E-state index is -0.0796. The Morgan fingerprint density at radius 2 is 1.97 bits per heavy atom. The van der Waals surface area contributed by atoms with E-state index in [9.17, 15) is 9.59 Å². The topological polar surface area (TPSA) is 82.2 Å². The highest BCUT2D eigenvalue weighted by atomic mass is 16.5. The molecule has 3 aromatic heterocycles. The fraction of sp³-hybridized carbons (Fsp3) is 0.231. The van der Waals surface area contributed by atoms with Gasteiger partial charge in [0.1, 0.15) is 11.4 Å². The molecule has 0 unspecified atom stereocenters. The van der Waals surface area contributed by atoms with Gasteiger partial charge in [-0.05, 0) is 47.5 Å². The zero-order valence-corrected chi connectivity index (χ0v) is 19.1. The lowest BCUT2D eigenvalue weighted by molar-refractivity contribution is 0.0721. The van der Waals surface area contributed by atoms with Crippen molar-refractivity contribution in [3.8, 4) is 16.9 Å². The van der Waals surface area contributed by atoms with Crippen LogP contribution in [0.5, 0.6) is 5.75 Å². The number of aromatic nitrogens is 4. The lowest BCUT2D eigenvalue weighted by Gasteiger charge is -2.31. The summed E-state index contributed by atoms with van der Waals surface area (Å²) in [4.78, 5) is 33.1. The van der Waals surface area contributed by atoms with Crippen LogP contribution >= 0.6 is 0 Å². The first-order chi connectivity index (χ1) is 16.5. The van der Waals surface area contributed by atoms with Crippen LogP contribution in [0, 0.1) is 0 Å². The SMILES string of the molecule is COc1cccc(-c2cc3c(n(Cc4ccccn4)c2=O)CCN(C(=O)c2ccnn2C)C3)c1. The van der Waals surface area contributed by atoms with E-state index >= 15 is 0 Å². The smallest absolute Gasteiger partial charge is 0.272 e. The van der Waals surface area contributed by atoms with Gasteiger partial charge in [0.2, 0.25) is 0 Å². The van der Waals surface area contributed by atoms with Crippen LogP contribution < -0.4 is 10.3 Å². The monoisotopic (exact) mass is 455 g/mol. The molecular weight excluding hydrogens is 430 g/mol. The molecule has 0 atom stereocenters. The van der Waals surface area contributed by atoms with E-state index in [1.807, 2.05) is 53.4 Å². The lowest BCUT2D eigenvalue weighted by Crippen LogP contribution is -2.40. The average molecular weight is 456 g/mol. The fourth-order valence-corrected chi connectivity index (χ4v) is 4.46. The largest absolute Gasteiger partial charge is 0.497 e. The molecule has 1 aromatic carbocycles. The molecule has 0 N–H and O–H groups in total. The third-order valence-electron chi connectivity index (χ3n) is 6.22. The Kier molecular flexibility index (Phi) is 5.71. The lowest BCUT2D eigenvalue weighted by atomic mass is 9.98. The summed E-state index contributed by atoms with van der Waals surface area (Å²) in [6, 6.07) is 16.8. The first kappa shape index (κ1) is 21.6. The van der Waals surface area contributed by atoms with Gasteiger partial charge in [-0.25, -0.2) is 0 Å². The molecule has 0 saturated heterocycles. The van der Waals surface area contributed by atoms with E-state index in [4.69, 9.17) is 4.74 Å². The summed E-state index contributed by atoms with van der Waals surface area (Å²) >= 11 is 0. The minimum absolute atomic E-state index is 0.0731. The Balaban J connectivity index is 1.60. The van der Waals surface area contributed by atoms with Crippen LogP contribution in [0.25, 0.3) is 11.1 Å². The Morgan fingerprint density at radius 3 is 2.71 bits per heavy atom. The summed E-state index contributed by atoms with van der Waals surface area (Å²) < 4.78 is 8.76.